The Labute approximate surface area is 192 Å². The van der Waals surface area contributed by atoms with Crippen molar-refractivity contribution in [2.24, 2.45) is 17.4 Å². The van der Waals surface area contributed by atoms with Crippen LogP contribution < -0.4 is 27.4 Å². The quantitative estimate of drug-likeness (QED) is 0.217. The van der Waals surface area contributed by atoms with Gasteiger partial charge in [-0.25, -0.2) is 4.79 Å². The van der Waals surface area contributed by atoms with Crippen LogP contribution in [0.5, 0.6) is 0 Å². The number of primary amides is 1. The van der Waals surface area contributed by atoms with Gasteiger partial charge in [-0.3, -0.25) is 19.2 Å². The van der Waals surface area contributed by atoms with E-state index < -0.39 is 60.2 Å². The molecule has 0 fully saturated rings. The summed E-state index contributed by atoms with van der Waals surface area (Å²) >= 11 is 0. The fourth-order valence-corrected chi connectivity index (χ4v) is 2.99. The van der Waals surface area contributed by atoms with Crippen LogP contribution in [-0.4, -0.2) is 58.9 Å². The highest BCUT2D eigenvalue weighted by molar-refractivity contribution is 5.96. The summed E-state index contributed by atoms with van der Waals surface area (Å²) in [7, 11) is 0. The van der Waals surface area contributed by atoms with Crippen LogP contribution in [0.2, 0.25) is 0 Å². The lowest BCUT2D eigenvalue weighted by molar-refractivity contribution is -0.143. The Kier molecular flexibility index (Phi) is 11.0. The molecular formula is C22H33N5O6. The van der Waals surface area contributed by atoms with Gasteiger partial charge in [0.2, 0.25) is 23.6 Å². The van der Waals surface area contributed by atoms with Crippen molar-refractivity contribution in [3.8, 4) is 0 Å². The normalized spacial score (nSPS) is 15.3. The molecule has 0 aliphatic rings. The molecule has 0 bridgehead atoms. The van der Waals surface area contributed by atoms with Crippen molar-refractivity contribution in [1.29, 1.82) is 0 Å². The Bertz CT molecular complexity index is 847. The van der Waals surface area contributed by atoms with E-state index >= 15 is 0 Å². The number of amides is 4. The summed E-state index contributed by atoms with van der Waals surface area (Å²) in [5, 5.41) is 16.5. The molecular weight excluding hydrogens is 430 g/mol. The number of carbonyl (C=O) groups is 5. The molecule has 0 saturated heterocycles. The number of nitrogens with one attached hydrogen (secondary N) is 3. The fraction of sp³-hybridized carbons (Fsp3) is 0.500. The van der Waals surface area contributed by atoms with Crippen LogP contribution in [-0.2, 0) is 30.4 Å². The van der Waals surface area contributed by atoms with Gasteiger partial charge in [-0.2, -0.15) is 0 Å². The average molecular weight is 464 g/mol. The van der Waals surface area contributed by atoms with E-state index in [0.29, 0.717) is 6.42 Å². The molecule has 0 aromatic heterocycles. The molecule has 0 radical (unpaired) electrons. The minimum absolute atomic E-state index is 0.211. The molecule has 0 spiro atoms. The molecule has 5 atom stereocenters. The van der Waals surface area contributed by atoms with Gasteiger partial charge in [0.15, 0.2) is 0 Å². The largest absolute Gasteiger partial charge is 0.480 e. The Balaban J connectivity index is 2.79. The molecule has 0 saturated carbocycles. The summed E-state index contributed by atoms with van der Waals surface area (Å²) < 4.78 is 0. The highest BCUT2D eigenvalue weighted by atomic mass is 16.4. The first-order valence-corrected chi connectivity index (χ1v) is 10.7. The maximum atomic E-state index is 12.6. The molecule has 182 valence electrons. The van der Waals surface area contributed by atoms with Crippen LogP contribution in [0.1, 0.15) is 39.2 Å². The van der Waals surface area contributed by atoms with Crippen LogP contribution in [0, 0.1) is 5.92 Å². The van der Waals surface area contributed by atoms with Gasteiger partial charge >= 0.3 is 5.97 Å². The van der Waals surface area contributed by atoms with Crippen LogP contribution in [0.25, 0.3) is 0 Å². The van der Waals surface area contributed by atoms with E-state index in [1.165, 1.54) is 6.92 Å². The summed E-state index contributed by atoms with van der Waals surface area (Å²) in [6.07, 6.45) is 0.227. The van der Waals surface area contributed by atoms with E-state index in [2.05, 4.69) is 16.0 Å². The van der Waals surface area contributed by atoms with Gasteiger partial charge < -0.3 is 32.5 Å². The molecule has 11 heteroatoms. The third-order valence-electron chi connectivity index (χ3n) is 5.20. The predicted molar refractivity (Wildman–Crippen MR) is 120 cm³/mol. The molecule has 0 heterocycles. The molecule has 1 aromatic carbocycles. The molecule has 33 heavy (non-hydrogen) atoms. The standard InChI is InChI=1S/C22H33N5O6/c1-4-12(2)18(22(32)33)27-19(29)13(3)25-21(31)16(11-17(24)28)26-20(30)15(23)10-14-8-6-5-7-9-14/h5-9,12-13,15-16,18H,4,10-11,23H2,1-3H3,(H2,24,28)(H,25,31)(H,26,30)(H,27,29)(H,32,33). The van der Waals surface area contributed by atoms with E-state index in [1.807, 2.05) is 6.07 Å². The van der Waals surface area contributed by atoms with E-state index in [-0.39, 0.29) is 12.3 Å². The first-order valence-electron chi connectivity index (χ1n) is 10.7. The summed E-state index contributed by atoms with van der Waals surface area (Å²) in [5.74, 6) is -4.58. The van der Waals surface area contributed by atoms with Gasteiger partial charge in [0.1, 0.15) is 18.1 Å². The van der Waals surface area contributed by atoms with Crippen LogP contribution in [0.15, 0.2) is 30.3 Å². The molecule has 8 N–H and O–H groups in total. The maximum absolute atomic E-state index is 12.6. The average Bonchev–Trinajstić information content (AvgIpc) is 2.76. The molecule has 1 aromatic rings. The van der Waals surface area contributed by atoms with Crippen LogP contribution in [0.4, 0.5) is 0 Å². The summed E-state index contributed by atoms with van der Waals surface area (Å²) in [4.78, 5) is 60.4. The van der Waals surface area contributed by atoms with Crippen molar-refractivity contribution in [2.75, 3.05) is 0 Å². The lowest BCUT2D eigenvalue weighted by atomic mass is 9.99. The number of carbonyl (C=O) groups excluding carboxylic acids is 4. The Morgan fingerprint density at radius 2 is 1.55 bits per heavy atom. The summed E-state index contributed by atoms with van der Waals surface area (Å²) in [6.45, 7) is 4.82. The summed E-state index contributed by atoms with van der Waals surface area (Å²) in [6, 6.07) is 4.42. The fourth-order valence-electron chi connectivity index (χ4n) is 2.99. The second-order valence-electron chi connectivity index (χ2n) is 7.97. The SMILES string of the molecule is CCC(C)C(NC(=O)C(C)NC(=O)C(CC(N)=O)NC(=O)C(N)Cc1ccccc1)C(=O)O. The number of aliphatic carboxylic acids is 1. The minimum atomic E-state index is -1.35. The summed E-state index contributed by atoms with van der Waals surface area (Å²) in [5.41, 5.74) is 11.9. The molecule has 4 amide bonds. The lowest BCUT2D eigenvalue weighted by Crippen LogP contribution is -2.57. The second-order valence-corrected chi connectivity index (χ2v) is 7.97. The number of rotatable bonds is 13. The third-order valence-corrected chi connectivity index (χ3v) is 5.20. The van der Waals surface area contributed by atoms with Gasteiger partial charge in [0, 0.05) is 0 Å². The van der Waals surface area contributed by atoms with Crippen LogP contribution in [0.3, 0.4) is 0 Å². The van der Waals surface area contributed by atoms with Crippen molar-refractivity contribution < 1.29 is 29.1 Å². The zero-order valence-electron chi connectivity index (χ0n) is 19.0. The number of benzene rings is 1. The van der Waals surface area contributed by atoms with Gasteiger partial charge in [0.25, 0.3) is 0 Å². The zero-order chi connectivity index (χ0) is 25.1. The molecule has 0 aliphatic heterocycles. The van der Waals surface area contributed by atoms with E-state index in [1.54, 1.807) is 38.1 Å². The first kappa shape index (κ1) is 27.6. The van der Waals surface area contributed by atoms with E-state index in [9.17, 15) is 29.1 Å². The number of carboxylic acids is 1. The maximum Gasteiger partial charge on any atom is 0.326 e. The number of hydrogen-bond acceptors (Lipinski definition) is 6. The third kappa shape index (κ3) is 9.27. The monoisotopic (exact) mass is 463 g/mol. The second kappa shape index (κ2) is 13.2. The van der Waals surface area contributed by atoms with Crippen LogP contribution >= 0.6 is 0 Å². The van der Waals surface area contributed by atoms with Crippen molar-refractivity contribution in [3.63, 3.8) is 0 Å². The first-order chi connectivity index (χ1) is 15.5. The molecule has 1 rings (SSSR count). The lowest BCUT2D eigenvalue weighted by Gasteiger charge is -2.24. The Morgan fingerprint density at radius 3 is 2.06 bits per heavy atom. The minimum Gasteiger partial charge on any atom is -0.480 e. The Morgan fingerprint density at radius 1 is 0.939 bits per heavy atom. The van der Waals surface area contributed by atoms with Gasteiger partial charge in [-0.1, -0.05) is 50.6 Å². The Hall–Kier alpha value is -3.47. The highest BCUT2D eigenvalue weighted by Gasteiger charge is 2.30. The van der Waals surface area contributed by atoms with Crippen molar-refractivity contribution in [2.45, 2.75) is 64.2 Å². The smallest absolute Gasteiger partial charge is 0.326 e. The highest BCUT2D eigenvalue weighted by Crippen LogP contribution is 2.08. The predicted octanol–water partition coefficient (Wildman–Crippen LogP) is -0.963. The van der Waals surface area contributed by atoms with E-state index in [0.717, 1.165) is 5.56 Å². The van der Waals surface area contributed by atoms with Gasteiger partial charge in [-0.15, -0.1) is 0 Å². The van der Waals surface area contributed by atoms with Crippen molar-refractivity contribution in [3.05, 3.63) is 35.9 Å². The van der Waals surface area contributed by atoms with E-state index in [4.69, 9.17) is 11.5 Å². The zero-order valence-corrected chi connectivity index (χ0v) is 19.0. The molecule has 5 unspecified atom stereocenters. The van der Waals surface area contributed by atoms with Gasteiger partial charge in [0.05, 0.1) is 12.5 Å². The number of carboxylic acid groups (broad SMARTS) is 1. The van der Waals surface area contributed by atoms with Gasteiger partial charge in [-0.05, 0) is 24.8 Å². The molecule has 11 nitrogen and oxygen atoms in total. The van der Waals surface area contributed by atoms with Crippen molar-refractivity contribution in [1.82, 2.24) is 16.0 Å². The topological polar surface area (TPSA) is 194 Å². The molecule has 0 aliphatic carbocycles. The number of hydrogen-bond donors (Lipinski definition) is 6. The van der Waals surface area contributed by atoms with Crippen molar-refractivity contribution >= 4 is 29.6 Å². The number of nitrogens with two attached hydrogens (primary N) is 2.